The number of carbonyl (C=O) groups excluding carboxylic acids is 1. The molecule has 1 atom stereocenters. The molecule has 0 spiro atoms. The number of hydrogen-bond acceptors (Lipinski definition) is 2. The lowest BCUT2D eigenvalue weighted by molar-refractivity contribution is 0.0790. The van der Waals surface area contributed by atoms with Gasteiger partial charge in [0.25, 0.3) is 5.91 Å². The van der Waals surface area contributed by atoms with Crippen LogP contribution in [-0.2, 0) is 0 Å². The number of pyridine rings is 1. The summed E-state index contributed by atoms with van der Waals surface area (Å²) in [6.45, 7) is 5.90. The fraction of sp³-hybridized carbons (Fsp3) is 0.333. The fourth-order valence-corrected chi connectivity index (χ4v) is 3.14. The van der Waals surface area contributed by atoms with Crippen molar-refractivity contribution in [1.82, 2.24) is 9.88 Å². The Balaban J connectivity index is 1.75. The molecule has 1 aromatic carbocycles. The summed E-state index contributed by atoms with van der Waals surface area (Å²) in [6, 6.07) is 10.3. The predicted molar refractivity (Wildman–Crippen MR) is 83.4 cm³/mol. The van der Waals surface area contributed by atoms with Crippen molar-refractivity contribution in [2.75, 3.05) is 13.1 Å². The molecule has 1 fully saturated rings. The van der Waals surface area contributed by atoms with Crippen LogP contribution in [0.3, 0.4) is 0 Å². The number of nitrogens with zero attached hydrogens (tertiary/aromatic N) is 2. The molecule has 3 heteroatoms. The molecule has 3 nitrogen and oxygen atoms in total. The first kappa shape index (κ1) is 13.8. The van der Waals surface area contributed by atoms with Crippen LogP contribution in [0.2, 0.25) is 0 Å². The van der Waals surface area contributed by atoms with Crippen LogP contribution < -0.4 is 0 Å². The summed E-state index contributed by atoms with van der Waals surface area (Å²) in [5, 5.41) is 0. The zero-order chi connectivity index (χ0) is 14.8. The highest BCUT2D eigenvalue weighted by atomic mass is 16.2. The van der Waals surface area contributed by atoms with Gasteiger partial charge < -0.3 is 4.90 Å². The van der Waals surface area contributed by atoms with Gasteiger partial charge in [-0.2, -0.15) is 0 Å². The third-order valence-electron chi connectivity index (χ3n) is 4.12. The van der Waals surface area contributed by atoms with Crippen LogP contribution in [0.15, 0.2) is 42.7 Å². The van der Waals surface area contributed by atoms with Crippen LogP contribution in [0.5, 0.6) is 0 Å². The van der Waals surface area contributed by atoms with Crippen LogP contribution in [0.25, 0.3) is 0 Å². The molecular weight excluding hydrogens is 260 g/mol. The summed E-state index contributed by atoms with van der Waals surface area (Å²) in [5.74, 6) is 0.568. The van der Waals surface area contributed by atoms with E-state index in [-0.39, 0.29) is 5.91 Å². The van der Waals surface area contributed by atoms with Crippen molar-refractivity contribution in [1.29, 1.82) is 0 Å². The summed E-state index contributed by atoms with van der Waals surface area (Å²) < 4.78 is 0. The van der Waals surface area contributed by atoms with Gasteiger partial charge in [-0.3, -0.25) is 9.78 Å². The number of aromatic nitrogens is 1. The SMILES string of the molecule is Cc1cc(C)cc([C@@H]2CCN(C(=O)c3ccncc3)C2)c1. The maximum Gasteiger partial charge on any atom is 0.253 e. The molecule has 2 aromatic rings. The van der Waals surface area contributed by atoms with E-state index in [1.807, 2.05) is 4.90 Å². The summed E-state index contributed by atoms with van der Waals surface area (Å²) in [7, 11) is 0. The molecule has 0 bridgehead atoms. The highest BCUT2D eigenvalue weighted by Crippen LogP contribution is 2.29. The molecule has 0 unspecified atom stereocenters. The maximum absolute atomic E-state index is 12.5. The molecule has 1 aliphatic rings. The van der Waals surface area contributed by atoms with Crippen molar-refractivity contribution in [3.8, 4) is 0 Å². The zero-order valence-electron chi connectivity index (χ0n) is 12.5. The number of rotatable bonds is 2. The molecule has 0 aliphatic carbocycles. The number of likely N-dealkylation sites (tertiary alicyclic amines) is 1. The van der Waals surface area contributed by atoms with Crippen LogP contribution in [0.4, 0.5) is 0 Å². The van der Waals surface area contributed by atoms with Crippen LogP contribution in [0.1, 0.15) is 39.4 Å². The fourth-order valence-electron chi connectivity index (χ4n) is 3.14. The second kappa shape index (κ2) is 5.68. The molecule has 1 aromatic heterocycles. The Kier molecular flexibility index (Phi) is 3.74. The smallest absolute Gasteiger partial charge is 0.253 e. The van der Waals surface area contributed by atoms with Gasteiger partial charge in [0.15, 0.2) is 0 Å². The highest BCUT2D eigenvalue weighted by molar-refractivity contribution is 5.94. The average molecular weight is 280 g/mol. The number of hydrogen-bond donors (Lipinski definition) is 0. The lowest BCUT2D eigenvalue weighted by atomic mass is 9.95. The molecule has 0 N–H and O–H groups in total. The summed E-state index contributed by atoms with van der Waals surface area (Å²) in [4.78, 5) is 18.4. The van der Waals surface area contributed by atoms with Gasteiger partial charge in [0, 0.05) is 37.0 Å². The van der Waals surface area contributed by atoms with E-state index < -0.39 is 0 Å². The second-order valence-corrected chi connectivity index (χ2v) is 5.89. The number of benzene rings is 1. The van der Waals surface area contributed by atoms with Gasteiger partial charge in [0.05, 0.1) is 0 Å². The van der Waals surface area contributed by atoms with Crippen molar-refractivity contribution < 1.29 is 4.79 Å². The molecule has 0 radical (unpaired) electrons. The Morgan fingerprint density at radius 3 is 2.48 bits per heavy atom. The van der Waals surface area contributed by atoms with Gasteiger partial charge in [-0.1, -0.05) is 29.3 Å². The van der Waals surface area contributed by atoms with Gasteiger partial charge in [-0.25, -0.2) is 0 Å². The van der Waals surface area contributed by atoms with E-state index in [9.17, 15) is 4.79 Å². The van der Waals surface area contributed by atoms with Crippen LogP contribution >= 0.6 is 0 Å². The van der Waals surface area contributed by atoms with Gasteiger partial charge >= 0.3 is 0 Å². The lowest BCUT2D eigenvalue weighted by Crippen LogP contribution is -2.28. The number of amides is 1. The van der Waals surface area contributed by atoms with Crippen molar-refractivity contribution >= 4 is 5.91 Å². The maximum atomic E-state index is 12.5. The number of carbonyl (C=O) groups is 1. The number of aryl methyl sites for hydroxylation is 2. The Labute approximate surface area is 125 Å². The van der Waals surface area contributed by atoms with E-state index in [0.29, 0.717) is 5.92 Å². The standard InChI is InChI=1S/C18H20N2O/c1-13-9-14(2)11-17(10-13)16-5-8-20(12-16)18(21)15-3-6-19-7-4-15/h3-4,6-7,9-11,16H,5,8,12H2,1-2H3/t16-/m1/s1. The van der Waals surface area contributed by atoms with E-state index in [1.165, 1.54) is 16.7 Å². The van der Waals surface area contributed by atoms with Gasteiger partial charge in [0.1, 0.15) is 0 Å². The van der Waals surface area contributed by atoms with Crippen molar-refractivity contribution in [2.24, 2.45) is 0 Å². The molecule has 21 heavy (non-hydrogen) atoms. The summed E-state index contributed by atoms with van der Waals surface area (Å²) >= 11 is 0. The van der Waals surface area contributed by atoms with Crippen LogP contribution in [0, 0.1) is 13.8 Å². The summed E-state index contributed by atoms with van der Waals surface area (Å²) in [5.41, 5.74) is 4.68. The lowest BCUT2D eigenvalue weighted by Gasteiger charge is -2.17. The van der Waals surface area contributed by atoms with E-state index in [0.717, 1.165) is 25.1 Å². The minimum atomic E-state index is 0.115. The Morgan fingerprint density at radius 1 is 1.14 bits per heavy atom. The first-order valence-corrected chi connectivity index (χ1v) is 7.41. The first-order chi connectivity index (χ1) is 10.1. The van der Waals surface area contributed by atoms with Crippen LogP contribution in [-0.4, -0.2) is 28.9 Å². The van der Waals surface area contributed by atoms with E-state index in [4.69, 9.17) is 0 Å². The van der Waals surface area contributed by atoms with E-state index >= 15 is 0 Å². The van der Waals surface area contributed by atoms with Gasteiger partial charge in [-0.05, 0) is 38.0 Å². The second-order valence-electron chi connectivity index (χ2n) is 5.89. The molecule has 108 valence electrons. The quantitative estimate of drug-likeness (QED) is 0.845. The largest absolute Gasteiger partial charge is 0.338 e. The molecule has 1 amide bonds. The average Bonchev–Trinajstić information content (AvgIpc) is 2.96. The third-order valence-corrected chi connectivity index (χ3v) is 4.12. The first-order valence-electron chi connectivity index (χ1n) is 7.41. The molecule has 2 heterocycles. The van der Waals surface area contributed by atoms with Crippen molar-refractivity contribution in [3.63, 3.8) is 0 Å². The normalized spacial score (nSPS) is 18.0. The Bertz CT molecular complexity index is 631. The monoisotopic (exact) mass is 280 g/mol. The minimum absolute atomic E-state index is 0.115. The zero-order valence-corrected chi connectivity index (χ0v) is 12.5. The Morgan fingerprint density at radius 2 is 1.81 bits per heavy atom. The van der Waals surface area contributed by atoms with Gasteiger partial charge in [0.2, 0.25) is 0 Å². The molecule has 3 rings (SSSR count). The molecule has 1 saturated heterocycles. The van der Waals surface area contributed by atoms with Crippen molar-refractivity contribution in [2.45, 2.75) is 26.2 Å². The topological polar surface area (TPSA) is 33.2 Å². The Hall–Kier alpha value is -2.16. The predicted octanol–water partition coefficient (Wildman–Crippen LogP) is 3.33. The summed E-state index contributed by atoms with van der Waals surface area (Å²) in [6.07, 6.45) is 4.38. The molecule has 1 aliphatic heterocycles. The van der Waals surface area contributed by atoms with Crippen molar-refractivity contribution in [3.05, 3.63) is 65.0 Å². The third kappa shape index (κ3) is 2.97. The van der Waals surface area contributed by atoms with E-state index in [1.54, 1.807) is 24.5 Å². The minimum Gasteiger partial charge on any atom is -0.338 e. The van der Waals surface area contributed by atoms with E-state index in [2.05, 4.69) is 37.0 Å². The molecule has 0 saturated carbocycles. The highest BCUT2D eigenvalue weighted by Gasteiger charge is 2.28. The molecular formula is C18H20N2O. The van der Waals surface area contributed by atoms with Gasteiger partial charge in [-0.15, -0.1) is 0 Å².